The lowest BCUT2D eigenvalue weighted by Crippen LogP contribution is -2.36. The average Bonchev–Trinajstić information content (AvgIpc) is 3.14. The number of ether oxygens (including phenoxy) is 2. The fourth-order valence-electron chi connectivity index (χ4n) is 3.65. The molecule has 0 aromatic heterocycles. The first kappa shape index (κ1) is 27.4. The molecule has 1 saturated heterocycles. The third-order valence-corrected chi connectivity index (χ3v) is 7.47. The topological polar surface area (TPSA) is 84.9 Å². The summed E-state index contributed by atoms with van der Waals surface area (Å²) in [4.78, 5) is 39.1. The number of hydrogen-bond acceptors (Lipinski definition) is 6. The number of anilines is 1. The molecule has 196 valence electrons. The summed E-state index contributed by atoms with van der Waals surface area (Å²) < 4.78 is 25.7. The van der Waals surface area contributed by atoms with Crippen molar-refractivity contribution in [1.29, 1.82) is 0 Å². The zero-order valence-electron chi connectivity index (χ0n) is 20.8. The Balaban J connectivity index is 1.47. The van der Waals surface area contributed by atoms with E-state index in [-0.39, 0.29) is 17.3 Å². The standard InChI is InChI=1S/C28H24BrFN2O5S/c1-16-8-9-20(10-17(16)2)31-26(33)14-32-27(34)25(38-28(32)35)12-19-11-23(36-3)24(13-21(19)29)37-15-18-6-4-5-7-22(18)30/h4-13H,14-15H2,1-3H3,(H,31,33)/b25-12+. The van der Waals surface area contributed by atoms with Crippen LogP contribution < -0.4 is 14.8 Å². The molecule has 0 unspecified atom stereocenters. The summed E-state index contributed by atoms with van der Waals surface area (Å²) >= 11 is 4.21. The molecule has 1 fully saturated rings. The Morgan fingerprint density at radius 2 is 1.84 bits per heavy atom. The summed E-state index contributed by atoms with van der Waals surface area (Å²) in [5.74, 6) is -0.684. The Kier molecular flexibility index (Phi) is 8.53. The zero-order valence-corrected chi connectivity index (χ0v) is 23.2. The second kappa shape index (κ2) is 11.8. The SMILES string of the molecule is COc1cc(/C=C2/SC(=O)N(CC(=O)Nc3ccc(C)c(C)c3)C2=O)c(Br)cc1OCc1ccccc1F. The van der Waals surface area contributed by atoms with Crippen molar-refractivity contribution in [3.05, 3.63) is 92.0 Å². The van der Waals surface area contributed by atoms with Crippen LogP contribution >= 0.6 is 27.7 Å². The monoisotopic (exact) mass is 598 g/mol. The molecule has 3 amide bonds. The van der Waals surface area contributed by atoms with E-state index in [1.54, 1.807) is 42.5 Å². The van der Waals surface area contributed by atoms with Crippen molar-refractivity contribution in [3.63, 3.8) is 0 Å². The van der Waals surface area contributed by atoms with Gasteiger partial charge in [0.2, 0.25) is 5.91 Å². The molecule has 1 heterocycles. The van der Waals surface area contributed by atoms with Crippen LogP contribution in [-0.4, -0.2) is 35.6 Å². The number of imide groups is 1. The van der Waals surface area contributed by atoms with Gasteiger partial charge in [0.25, 0.3) is 11.1 Å². The van der Waals surface area contributed by atoms with Crippen molar-refractivity contribution in [1.82, 2.24) is 4.90 Å². The molecule has 38 heavy (non-hydrogen) atoms. The number of methoxy groups -OCH3 is 1. The highest BCUT2D eigenvalue weighted by Gasteiger charge is 2.36. The molecule has 0 spiro atoms. The quantitative estimate of drug-likeness (QED) is 0.299. The number of benzene rings is 3. The third-order valence-electron chi connectivity index (χ3n) is 5.88. The van der Waals surface area contributed by atoms with E-state index >= 15 is 0 Å². The third kappa shape index (κ3) is 6.25. The molecule has 0 bridgehead atoms. The van der Waals surface area contributed by atoms with Crippen molar-refractivity contribution < 1.29 is 28.2 Å². The highest BCUT2D eigenvalue weighted by molar-refractivity contribution is 9.10. The lowest BCUT2D eigenvalue weighted by molar-refractivity contribution is -0.127. The number of thioether (sulfide) groups is 1. The molecule has 3 aromatic carbocycles. The van der Waals surface area contributed by atoms with Gasteiger partial charge in [-0.15, -0.1) is 0 Å². The number of rotatable bonds is 8. The second-order valence-electron chi connectivity index (χ2n) is 8.52. The van der Waals surface area contributed by atoms with Crippen LogP contribution in [0.25, 0.3) is 6.08 Å². The Labute approximate surface area is 232 Å². The number of nitrogens with one attached hydrogen (secondary N) is 1. The van der Waals surface area contributed by atoms with Crippen LogP contribution in [0.15, 0.2) is 64.0 Å². The van der Waals surface area contributed by atoms with Crippen molar-refractivity contribution in [2.45, 2.75) is 20.5 Å². The summed E-state index contributed by atoms with van der Waals surface area (Å²) in [6.07, 6.45) is 1.54. The maximum atomic E-state index is 13.9. The molecular formula is C28H24BrFN2O5S. The molecule has 0 saturated carbocycles. The minimum absolute atomic E-state index is 0.00205. The van der Waals surface area contributed by atoms with Gasteiger partial charge in [-0.1, -0.05) is 40.2 Å². The Morgan fingerprint density at radius 3 is 2.55 bits per heavy atom. The van der Waals surface area contributed by atoms with E-state index in [4.69, 9.17) is 9.47 Å². The Bertz CT molecular complexity index is 1460. The van der Waals surface area contributed by atoms with E-state index in [0.717, 1.165) is 27.8 Å². The van der Waals surface area contributed by atoms with Crippen LogP contribution in [0, 0.1) is 19.7 Å². The summed E-state index contributed by atoms with van der Waals surface area (Å²) in [5, 5.41) is 2.19. The molecule has 1 aliphatic rings. The van der Waals surface area contributed by atoms with E-state index in [1.165, 1.54) is 13.2 Å². The normalized spacial score (nSPS) is 14.2. The van der Waals surface area contributed by atoms with Crippen LogP contribution in [0.4, 0.5) is 14.9 Å². The average molecular weight is 599 g/mol. The largest absolute Gasteiger partial charge is 0.493 e. The Hall–Kier alpha value is -3.63. The predicted octanol–water partition coefficient (Wildman–Crippen LogP) is 6.47. The first-order chi connectivity index (χ1) is 18.2. The summed E-state index contributed by atoms with van der Waals surface area (Å²) in [5.41, 5.74) is 3.65. The van der Waals surface area contributed by atoms with Crippen LogP contribution in [0.2, 0.25) is 0 Å². The van der Waals surface area contributed by atoms with Crippen LogP contribution in [0.5, 0.6) is 11.5 Å². The van der Waals surface area contributed by atoms with E-state index in [9.17, 15) is 18.8 Å². The molecule has 3 aromatic rings. The molecule has 0 radical (unpaired) electrons. The maximum Gasteiger partial charge on any atom is 0.294 e. The summed E-state index contributed by atoms with van der Waals surface area (Å²) in [6.45, 7) is 3.50. The van der Waals surface area contributed by atoms with Crippen molar-refractivity contribution in [2.24, 2.45) is 0 Å². The number of carbonyl (C=O) groups excluding carboxylic acids is 3. The van der Waals surface area contributed by atoms with Gasteiger partial charge in [-0.2, -0.15) is 0 Å². The van der Waals surface area contributed by atoms with Crippen molar-refractivity contribution in [3.8, 4) is 11.5 Å². The number of aryl methyl sites for hydroxylation is 2. The highest BCUT2D eigenvalue weighted by Crippen LogP contribution is 2.38. The molecule has 0 atom stereocenters. The molecule has 4 rings (SSSR count). The van der Waals surface area contributed by atoms with Crippen molar-refractivity contribution in [2.75, 3.05) is 19.0 Å². The fourth-order valence-corrected chi connectivity index (χ4v) is 4.91. The van der Waals surface area contributed by atoms with Gasteiger partial charge in [0, 0.05) is 15.7 Å². The van der Waals surface area contributed by atoms with Gasteiger partial charge in [-0.05, 0) is 78.7 Å². The van der Waals surface area contributed by atoms with Crippen LogP contribution in [0.1, 0.15) is 22.3 Å². The lowest BCUT2D eigenvalue weighted by Gasteiger charge is -2.14. The van der Waals surface area contributed by atoms with Gasteiger partial charge in [0.1, 0.15) is 19.0 Å². The van der Waals surface area contributed by atoms with Gasteiger partial charge in [-0.3, -0.25) is 19.3 Å². The molecule has 10 heteroatoms. The van der Waals surface area contributed by atoms with E-state index in [0.29, 0.717) is 32.8 Å². The molecule has 1 N–H and O–H groups in total. The van der Waals surface area contributed by atoms with Gasteiger partial charge in [-0.25, -0.2) is 4.39 Å². The Morgan fingerprint density at radius 1 is 1.08 bits per heavy atom. The number of nitrogens with zero attached hydrogens (tertiary/aromatic N) is 1. The zero-order chi connectivity index (χ0) is 27.4. The second-order valence-corrected chi connectivity index (χ2v) is 10.4. The minimum Gasteiger partial charge on any atom is -0.493 e. The predicted molar refractivity (Wildman–Crippen MR) is 149 cm³/mol. The van der Waals surface area contributed by atoms with Crippen LogP contribution in [-0.2, 0) is 16.2 Å². The number of halogens is 2. The molecule has 1 aliphatic heterocycles. The smallest absolute Gasteiger partial charge is 0.294 e. The number of carbonyl (C=O) groups is 3. The summed E-state index contributed by atoms with van der Waals surface area (Å²) in [7, 11) is 1.46. The molecular weight excluding hydrogens is 575 g/mol. The molecule has 7 nitrogen and oxygen atoms in total. The first-order valence-electron chi connectivity index (χ1n) is 11.5. The first-order valence-corrected chi connectivity index (χ1v) is 13.1. The summed E-state index contributed by atoms with van der Waals surface area (Å²) in [6, 6.07) is 15.1. The lowest BCUT2D eigenvalue weighted by atomic mass is 10.1. The van der Waals surface area contributed by atoms with Crippen molar-refractivity contribution >= 4 is 56.5 Å². The van der Waals surface area contributed by atoms with E-state index in [1.807, 2.05) is 26.0 Å². The van der Waals surface area contributed by atoms with E-state index in [2.05, 4.69) is 21.2 Å². The highest BCUT2D eigenvalue weighted by atomic mass is 79.9. The van der Waals surface area contributed by atoms with Gasteiger partial charge in [0.05, 0.1) is 12.0 Å². The number of hydrogen-bond donors (Lipinski definition) is 1. The number of amides is 3. The van der Waals surface area contributed by atoms with Gasteiger partial charge >= 0.3 is 0 Å². The maximum absolute atomic E-state index is 13.9. The van der Waals surface area contributed by atoms with Crippen LogP contribution in [0.3, 0.4) is 0 Å². The fraction of sp³-hybridized carbons (Fsp3) is 0.179. The molecule has 0 aliphatic carbocycles. The van der Waals surface area contributed by atoms with E-state index < -0.39 is 23.6 Å². The van der Waals surface area contributed by atoms with Gasteiger partial charge < -0.3 is 14.8 Å². The minimum atomic E-state index is -0.569. The van der Waals surface area contributed by atoms with Gasteiger partial charge in [0.15, 0.2) is 11.5 Å².